The molecular weight excluding hydrogens is 325 g/mol. The smallest absolute Gasteiger partial charge is 0.433 e. The number of ether oxygens (including phenoxy) is 1. The Labute approximate surface area is 132 Å². The number of hydrogen-bond acceptors (Lipinski definition) is 8. The van der Waals surface area contributed by atoms with Crippen LogP contribution in [-0.4, -0.2) is 21.0 Å². The maximum atomic E-state index is 12.9. The van der Waals surface area contributed by atoms with Gasteiger partial charge in [0.05, 0.1) is 6.07 Å². The molecule has 24 heavy (non-hydrogen) atoms. The Bertz CT molecular complexity index is 886. The average Bonchev–Trinajstić information content (AvgIpc) is 3.23. The van der Waals surface area contributed by atoms with Crippen molar-refractivity contribution in [1.82, 2.24) is 10.1 Å². The molecule has 0 spiro atoms. The van der Waals surface area contributed by atoms with E-state index in [4.69, 9.17) is 13.7 Å². The quantitative estimate of drug-likeness (QED) is 0.397. The van der Waals surface area contributed by atoms with E-state index in [0.29, 0.717) is 5.56 Å². The van der Waals surface area contributed by atoms with E-state index in [-0.39, 0.29) is 24.1 Å². The molecule has 0 N–H and O–H groups in total. The van der Waals surface area contributed by atoms with Crippen molar-refractivity contribution in [3.8, 4) is 11.4 Å². The first-order chi connectivity index (χ1) is 11.5. The Morgan fingerprint density at radius 2 is 2.00 bits per heavy atom. The molecule has 0 atom stereocenters. The molecule has 0 bridgehead atoms. The summed E-state index contributed by atoms with van der Waals surface area (Å²) in [5, 5.41) is 14.2. The Kier molecular flexibility index (Phi) is 4.01. The van der Waals surface area contributed by atoms with E-state index in [1.165, 1.54) is 24.3 Å². The van der Waals surface area contributed by atoms with Gasteiger partial charge in [0.1, 0.15) is 10.7 Å². The van der Waals surface area contributed by atoms with Crippen LogP contribution < -0.4 is 0 Å². The van der Waals surface area contributed by atoms with Crippen molar-refractivity contribution >= 4 is 11.9 Å². The van der Waals surface area contributed by atoms with Gasteiger partial charge >= 0.3 is 11.9 Å². The fourth-order valence-corrected chi connectivity index (χ4v) is 1.76. The van der Waals surface area contributed by atoms with Gasteiger partial charge in [-0.1, -0.05) is 5.16 Å². The number of nitro groups is 1. The van der Waals surface area contributed by atoms with Crippen LogP contribution in [0, 0.1) is 15.9 Å². The molecule has 0 aliphatic carbocycles. The van der Waals surface area contributed by atoms with E-state index >= 15 is 0 Å². The van der Waals surface area contributed by atoms with E-state index in [0.717, 1.165) is 12.1 Å². The van der Waals surface area contributed by atoms with Crippen LogP contribution in [0.25, 0.3) is 11.4 Å². The van der Waals surface area contributed by atoms with E-state index < -0.39 is 22.6 Å². The number of furan rings is 1. The van der Waals surface area contributed by atoms with Gasteiger partial charge < -0.3 is 13.7 Å². The molecule has 0 saturated heterocycles. The number of nitrogens with zero attached hydrogens (tertiary/aromatic N) is 3. The summed E-state index contributed by atoms with van der Waals surface area (Å²) < 4.78 is 27.3. The SMILES string of the molecule is O=C(OCc1nc(-c2ccc(F)cc2)no1)c1ccc([N+](=O)[O-])o1. The lowest BCUT2D eigenvalue weighted by molar-refractivity contribution is -0.402. The van der Waals surface area contributed by atoms with Crippen LogP contribution in [0.5, 0.6) is 0 Å². The van der Waals surface area contributed by atoms with Crippen molar-refractivity contribution in [1.29, 1.82) is 0 Å². The number of benzene rings is 1. The van der Waals surface area contributed by atoms with Gasteiger partial charge in [0.2, 0.25) is 11.6 Å². The number of aromatic nitrogens is 2. The Balaban J connectivity index is 1.63. The number of halogens is 1. The van der Waals surface area contributed by atoms with Gasteiger partial charge in [-0.25, -0.2) is 9.18 Å². The summed E-state index contributed by atoms with van der Waals surface area (Å²) in [6.45, 7) is -0.346. The molecule has 9 nitrogen and oxygen atoms in total. The number of carbonyl (C=O) groups excluding carboxylic acids is 1. The Hall–Kier alpha value is -3.56. The minimum atomic E-state index is -0.912. The average molecular weight is 333 g/mol. The van der Waals surface area contributed by atoms with E-state index in [1.54, 1.807) is 0 Å². The van der Waals surface area contributed by atoms with Gasteiger partial charge in [-0.05, 0) is 30.3 Å². The largest absolute Gasteiger partial charge is 0.450 e. The van der Waals surface area contributed by atoms with Crippen LogP contribution >= 0.6 is 0 Å². The number of esters is 1. The topological polar surface area (TPSA) is 122 Å². The highest BCUT2D eigenvalue weighted by Crippen LogP contribution is 2.18. The van der Waals surface area contributed by atoms with Crippen LogP contribution in [0.1, 0.15) is 16.4 Å². The molecule has 0 aliphatic rings. The summed E-state index contributed by atoms with van der Waals surface area (Å²) >= 11 is 0. The van der Waals surface area contributed by atoms with Gasteiger partial charge in [0.15, 0.2) is 6.61 Å². The summed E-state index contributed by atoms with van der Waals surface area (Å²) in [4.78, 5) is 25.4. The molecule has 0 aliphatic heterocycles. The molecule has 2 aromatic heterocycles. The first kappa shape index (κ1) is 15.3. The normalized spacial score (nSPS) is 10.5. The highest BCUT2D eigenvalue weighted by atomic mass is 19.1. The molecule has 0 fully saturated rings. The van der Waals surface area contributed by atoms with Gasteiger partial charge in [-0.15, -0.1) is 0 Å². The van der Waals surface area contributed by atoms with Crippen LogP contribution in [-0.2, 0) is 11.3 Å². The molecule has 122 valence electrons. The molecule has 0 amide bonds. The molecule has 0 radical (unpaired) electrons. The summed E-state index contributed by atoms with van der Waals surface area (Å²) in [7, 11) is 0. The third kappa shape index (κ3) is 3.27. The predicted molar refractivity (Wildman–Crippen MR) is 74.2 cm³/mol. The van der Waals surface area contributed by atoms with Crippen molar-refractivity contribution < 1.29 is 27.8 Å². The van der Waals surface area contributed by atoms with Crippen LogP contribution in [0.15, 0.2) is 45.3 Å². The zero-order chi connectivity index (χ0) is 17.1. The number of rotatable bonds is 5. The van der Waals surface area contributed by atoms with Crippen molar-refractivity contribution in [2.45, 2.75) is 6.61 Å². The summed E-state index contributed by atoms with van der Waals surface area (Å²) in [6, 6.07) is 7.59. The van der Waals surface area contributed by atoms with Crippen molar-refractivity contribution in [3.05, 3.63) is 64.0 Å². The molecule has 1 aromatic carbocycles. The molecule has 0 saturated carbocycles. The molecule has 10 heteroatoms. The van der Waals surface area contributed by atoms with E-state index in [1.807, 2.05) is 0 Å². The highest BCUT2D eigenvalue weighted by Gasteiger charge is 2.19. The third-order valence-electron chi connectivity index (χ3n) is 2.87. The molecule has 2 heterocycles. The van der Waals surface area contributed by atoms with Crippen molar-refractivity contribution in [3.63, 3.8) is 0 Å². The lowest BCUT2D eigenvalue weighted by Gasteiger charge is -1.97. The van der Waals surface area contributed by atoms with Gasteiger partial charge in [-0.3, -0.25) is 10.1 Å². The maximum absolute atomic E-state index is 12.9. The fraction of sp³-hybridized carbons (Fsp3) is 0.0714. The number of hydrogen-bond donors (Lipinski definition) is 0. The Morgan fingerprint density at radius 1 is 1.25 bits per heavy atom. The van der Waals surface area contributed by atoms with Gasteiger partial charge in [0.25, 0.3) is 5.89 Å². The zero-order valence-electron chi connectivity index (χ0n) is 11.8. The van der Waals surface area contributed by atoms with E-state index in [2.05, 4.69) is 10.1 Å². The lowest BCUT2D eigenvalue weighted by atomic mass is 10.2. The minimum absolute atomic E-state index is 0.00345. The second-order valence-electron chi connectivity index (χ2n) is 4.49. The lowest BCUT2D eigenvalue weighted by Crippen LogP contribution is -2.04. The summed E-state index contributed by atoms with van der Waals surface area (Å²) in [5.74, 6) is -2.00. The predicted octanol–water partition coefficient (Wildman–Crippen LogP) is 2.73. The highest BCUT2D eigenvalue weighted by molar-refractivity contribution is 5.86. The standard InChI is InChI=1S/C14H8FN3O6/c15-9-3-1-8(2-4-9)13-16-11(24-17-13)7-22-14(19)10-5-6-12(23-10)18(20)21/h1-6H,7H2. The van der Waals surface area contributed by atoms with Crippen LogP contribution in [0.4, 0.5) is 10.3 Å². The number of carbonyl (C=O) groups is 1. The summed E-state index contributed by atoms with van der Waals surface area (Å²) in [5.41, 5.74) is 0.527. The maximum Gasteiger partial charge on any atom is 0.433 e. The zero-order valence-corrected chi connectivity index (χ0v) is 11.8. The van der Waals surface area contributed by atoms with Crippen molar-refractivity contribution in [2.75, 3.05) is 0 Å². The second-order valence-corrected chi connectivity index (χ2v) is 4.49. The summed E-state index contributed by atoms with van der Waals surface area (Å²) in [6.07, 6.45) is 0. The van der Waals surface area contributed by atoms with Gasteiger partial charge in [-0.2, -0.15) is 4.98 Å². The minimum Gasteiger partial charge on any atom is -0.450 e. The third-order valence-corrected chi connectivity index (χ3v) is 2.87. The van der Waals surface area contributed by atoms with Gasteiger partial charge in [0, 0.05) is 5.56 Å². The van der Waals surface area contributed by atoms with Crippen LogP contribution in [0.3, 0.4) is 0 Å². The monoisotopic (exact) mass is 333 g/mol. The van der Waals surface area contributed by atoms with E-state index in [9.17, 15) is 19.3 Å². The first-order valence-corrected chi connectivity index (χ1v) is 6.53. The van der Waals surface area contributed by atoms with Crippen LogP contribution in [0.2, 0.25) is 0 Å². The molecule has 3 rings (SSSR count). The molecule has 0 unspecified atom stereocenters. The molecular formula is C14H8FN3O6. The molecule has 3 aromatic rings. The first-order valence-electron chi connectivity index (χ1n) is 6.53. The second kappa shape index (κ2) is 6.28. The Morgan fingerprint density at radius 3 is 2.67 bits per heavy atom. The van der Waals surface area contributed by atoms with Crippen molar-refractivity contribution in [2.24, 2.45) is 0 Å². The fourth-order valence-electron chi connectivity index (χ4n) is 1.76.